The molecule has 1 aromatic heterocycles. The SMILES string of the molecule is Cc1nc(NC2CCC2)nc2c1N(C)C(=O)[C@H](C)N2C. The molecule has 0 bridgehead atoms. The average Bonchev–Trinajstić information content (AvgIpc) is 2.37. The van der Waals surface area contributed by atoms with Gasteiger partial charge in [-0.3, -0.25) is 4.79 Å². The second-order valence-corrected chi connectivity index (χ2v) is 5.76. The first-order valence-electron chi connectivity index (χ1n) is 7.14. The summed E-state index contributed by atoms with van der Waals surface area (Å²) in [4.78, 5) is 24.9. The van der Waals surface area contributed by atoms with Gasteiger partial charge in [0.15, 0.2) is 5.82 Å². The zero-order valence-corrected chi connectivity index (χ0v) is 12.5. The minimum atomic E-state index is -0.196. The van der Waals surface area contributed by atoms with E-state index < -0.39 is 0 Å². The van der Waals surface area contributed by atoms with E-state index in [9.17, 15) is 4.79 Å². The fraction of sp³-hybridized carbons (Fsp3) is 0.643. The third-order valence-corrected chi connectivity index (χ3v) is 4.42. The largest absolute Gasteiger partial charge is 0.351 e. The molecule has 1 aliphatic carbocycles. The molecule has 1 amide bonds. The van der Waals surface area contributed by atoms with Gasteiger partial charge < -0.3 is 15.1 Å². The van der Waals surface area contributed by atoms with E-state index in [4.69, 9.17) is 0 Å². The van der Waals surface area contributed by atoms with Crippen molar-refractivity contribution in [1.82, 2.24) is 9.97 Å². The number of carbonyl (C=O) groups excluding carboxylic acids is 1. The van der Waals surface area contributed by atoms with Crippen molar-refractivity contribution in [1.29, 1.82) is 0 Å². The van der Waals surface area contributed by atoms with E-state index >= 15 is 0 Å². The molecule has 0 radical (unpaired) electrons. The van der Waals surface area contributed by atoms with Crippen molar-refractivity contribution in [2.45, 2.75) is 45.2 Å². The molecule has 1 saturated carbocycles. The van der Waals surface area contributed by atoms with Crippen LogP contribution in [0.1, 0.15) is 31.9 Å². The minimum absolute atomic E-state index is 0.0754. The Morgan fingerprint density at radius 2 is 1.95 bits per heavy atom. The highest BCUT2D eigenvalue weighted by atomic mass is 16.2. The van der Waals surface area contributed by atoms with E-state index in [0.717, 1.165) is 17.2 Å². The van der Waals surface area contributed by atoms with E-state index in [1.165, 1.54) is 19.3 Å². The molecule has 0 unspecified atom stereocenters. The van der Waals surface area contributed by atoms with Gasteiger partial charge in [-0.05, 0) is 33.1 Å². The van der Waals surface area contributed by atoms with Crippen molar-refractivity contribution in [3.8, 4) is 0 Å². The van der Waals surface area contributed by atoms with Gasteiger partial charge in [0.2, 0.25) is 11.9 Å². The maximum Gasteiger partial charge on any atom is 0.249 e. The van der Waals surface area contributed by atoms with Gasteiger partial charge in [0, 0.05) is 20.1 Å². The Bertz CT molecular complexity index is 555. The van der Waals surface area contributed by atoms with Crippen LogP contribution in [0.25, 0.3) is 0 Å². The molecule has 0 spiro atoms. The van der Waals surface area contributed by atoms with Crippen molar-refractivity contribution in [2.24, 2.45) is 0 Å². The first-order chi connectivity index (χ1) is 9.49. The number of aryl methyl sites for hydroxylation is 1. The monoisotopic (exact) mass is 275 g/mol. The lowest BCUT2D eigenvalue weighted by molar-refractivity contribution is -0.119. The number of hydrogen-bond donors (Lipinski definition) is 1. The van der Waals surface area contributed by atoms with Crippen molar-refractivity contribution >= 4 is 23.4 Å². The summed E-state index contributed by atoms with van der Waals surface area (Å²) in [5, 5.41) is 3.38. The highest BCUT2D eigenvalue weighted by Gasteiger charge is 2.34. The molecule has 1 atom stereocenters. The Morgan fingerprint density at radius 1 is 1.25 bits per heavy atom. The molecule has 1 N–H and O–H groups in total. The van der Waals surface area contributed by atoms with Gasteiger partial charge in [-0.1, -0.05) is 0 Å². The summed E-state index contributed by atoms with van der Waals surface area (Å²) in [7, 11) is 3.70. The Hall–Kier alpha value is -1.85. The molecule has 2 aliphatic rings. The lowest BCUT2D eigenvalue weighted by Gasteiger charge is -2.38. The van der Waals surface area contributed by atoms with Crippen molar-refractivity contribution < 1.29 is 4.79 Å². The number of aromatic nitrogens is 2. The molecule has 0 saturated heterocycles. The maximum atomic E-state index is 12.2. The molecule has 108 valence electrons. The first-order valence-corrected chi connectivity index (χ1v) is 7.14. The Morgan fingerprint density at radius 3 is 2.55 bits per heavy atom. The summed E-state index contributed by atoms with van der Waals surface area (Å²) >= 11 is 0. The summed E-state index contributed by atoms with van der Waals surface area (Å²) in [6.07, 6.45) is 3.64. The number of rotatable bonds is 2. The second-order valence-electron chi connectivity index (χ2n) is 5.76. The van der Waals surface area contributed by atoms with Gasteiger partial charge in [0.25, 0.3) is 0 Å². The van der Waals surface area contributed by atoms with Crippen LogP contribution >= 0.6 is 0 Å². The van der Waals surface area contributed by atoms with Crippen LogP contribution < -0.4 is 15.1 Å². The average molecular weight is 275 g/mol. The van der Waals surface area contributed by atoms with E-state index in [-0.39, 0.29) is 11.9 Å². The van der Waals surface area contributed by atoms with Crippen molar-refractivity contribution in [3.05, 3.63) is 5.69 Å². The van der Waals surface area contributed by atoms with E-state index in [0.29, 0.717) is 12.0 Å². The standard InChI is InChI=1S/C14H21N5O/c1-8-11-12(18(3)9(2)13(20)19(11)4)17-14(15-8)16-10-6-5-7-10/h9-10H,5-7H2,1-4H3,(H,15,16,17)/t9-/m0/s1. The van der Waals surface area contributed by atoms with Gasteiger partial charge in [-0.2, -0.15) is 4.98 Å². The fourth-order valence-corrected chi connectivity index (χ4v) is 2.73. The maximum absolute atomic E-state index is 12.2. The first kappa shape index (κ1) is 13.1. The Balaban J connectivity index is 2.00. The Labute approximate surface area is 119 Å². The molecule has 6 nitrogen and oxygen atoms in total. The summed E-state index contributed by atoms with van der Waals surface area (Å²) in [6, 6.07) is 0.302. The molecular formula is C14H21N5O. The predicted molar refractivity (Wildman–Crippen MR) is 79.3 cm³/mol. The van der Waals surface area contributed by atoms with E-state index in [1.54, 1.807) is 11.9 Å². The minimum Gasteiger partial charge on any atom is -0.351 e. The van der Waals surface area contributed by atoms with Crippen molar-refractivity contribution in [3.63, 3.8) is 0 Å². The van der Waals surface area contributed by atoms with Gasteiger partial charge in [0.1, 0.15) is 11.7 Å². The van der Waals surface area contributed by atoms with Crippen LogP contribution in [0.4, 0.5) is 17.5 Å². The van der Waals surface area contributed by atoms with Crippen LogP contribution in [-0.2, 0) is 4.79 Å². The quantitative estimate of drug-likeness (QED) is 0.887. The number of nitrogens with one attached hydrogen (secondary N) is 1. The van der Waals surface area contributed by atoms with Gasteiger partial charge in [-0.15, -0.1) is 0 Å². The molecule has 6 heteroatoms. The summed E-state index contributed by atoms with van der Waals surface area (Å²) < 4.78 is 0. The normalized spacial score (nSPS) is 22.6. The second kappa shape index (κ2) is 4.61. The van der Waals surface area contributed by atoms with Gasteiger partial charge >= 0.3 is 0 Å². The number of amides is 1. The third kappa shape index (κ3) is 1.90. The lowest BCUT2D eigenvalue weighted by Crippen LogP contribution is -2.50. The molecule has 1 fully saturated rings. The number of hydrogen-bond acceptors (Lipinski definition) is 5. The van der Waals surface area contributed by atoms with Gasteiger partial charge in [0.05, 0.1) is 5.69 Å². The van der Waals surface area contributed by atoms with Gasteiger partial charge in [-0.25, -0.2) is 4.98 Å². The third-order valence-electron chi connectivity index (χ3n) is 4.42. The summed E-state index contributed by atoms with van der Waals surface area (Å²) in [5.41, 5.74) is 1.65. The van der Waals surface area contributed by atoms with E-state index in [2.05, 4.69) is 15.3 Å². The van der Waals surface area contributed by atoms with E-state index in [1.807, 2.05) is 25.8 Å². The predicted octanol–water partition coefficient (Wildman–Crippen LogP) is 1.55. The van der Waals surface area contributed by atoms with Crippen LogP contribution in [0.3, 0.4) is 0 Å². The van der Waals surface area contributed by atoms with Crippen LogP contribution in [0.2, 0.25) is 0 Å². The van der Waals surface area contributed by atoms with Crippen LogP contribution in [-0.4, -0.2) is 42.1 Å². The number of likely N-dealkylation sites (N-methyl/N-ethyl adjacent to an activating group) is 2. The smallest absolute Gasteiger partial charge is 0.249 e. The lowest BCUT2D eigenvalue weighted by atomic mass is 9.93. The highest BCUT2D eigenvalue weighted by molar-refractivity contribution is 6.04. The Kier molecular flexibility index (Phi) is 3.03. The number of anilines is 3. The molecular weight excluding hydrogens is 254 g/mol. The fourth-order valence-electron chi connectivity index (χ4n) is 2.73. The number of carbonyl (C=O) groups is 1. The zero-order valence-electron chi connectivity index (χ0n) is 12.5. The molecule has 1 aliphatic heterocycles. The molecule has 3 rings (SSSR count). The molecule has 0 aromatic carbocycles. The number of fused-ring (bicyclic) bond motifs is 1. The topological polar surface area (TPSA) is 61.4 Å². The molecule has 2 heterocycles. The van der Waals surface area contributed by atoms with Crippen LogP contribution in [0.15, 0.2) is 0 Å². The molecule has 1 aromatic rings. The summed E-state index contributed by atoms with van der Waals surface area (Å²) in [5.74, 6) is 1.58. The molecule has 20 heavy (non-hydrogen) atoms. The highest BCUT2D eigenvalue weighted by Crippen LogP contribution is 2.36. The van der Waals surface area contributed by atoms with Crippen molar-refractivity contribution in [2.75, 3.05) is 29.2 Å². The van der Waals surface area contributed by atoms with Crippen LogP contribution in [0, 0.1) is 6.92 Å². The number of nitrogens with zero attached hydrogens (tertiary/aromatic N) is 4. The zero-order chi connectivity index (χ0) is 14.4. The summed E-state index contributed by atoms with van der Waals surface area (Å²) in [6.45, 7) is 3.83. The van der Waals surface area contributed by atoms with Crippen LogP contribution in [0.5, 0.6) is 0 Å².